The van der Waals surface area contributed by atoms with E-state index >= 15 is 0 Å². The molecule has 0 aliphatic heterocycles. The van der Waals surface area contributed by atoms with Gasteiger partial charge in [-0.15, -0.1) is 0 Å². The fourth-order valence-corrected chi connectivity index (χ4v) is 1.99. The van der Waals surface area contributed by atoms with Crippen molar-refractivity contribution in [1.82, 2.24) is 5.32 Å². The molecule has 1 aliphatic rings. The topological polar surface area (TPSA) is 75.4 Å². The van der Waals surface area contributed by atoms with Crippen molar-refractivity contribution in [3.8, 4) is 0 Å². The lowest BCUT2D eigenvalue weighted by molar-refractivity contribution is -0.123. The number of hydrogen-bond acceptors (Lipinski definition) is 3. The molecule has 1 aliphatic carbocycles. The van der Waals surface area contributed by atoms with E-state index < -0.39 is 5.54 Å². The molecule has 0 spiro atoms. The molecule has 0 aromatic heterocycles. The summed E-state index contributed by atoms with van der Waals surface area (Å²) in [7, 11) is 0. The van der Waals surface area contributed by atoms with Gasteiger partial charge in [-0.25, -0.2) is 0 Å². The third-order valence-corrected chi connectivity index (χ3v) is 2.63. The SMILES string of the molecule is CC(C)(N)CC(=O)NC1CCCC(O)C1. The molecule has 15 heavy (non-hydrogen) atoms. The van der Waals surface area contributed by atoms with Crippen molar-refractivity contribution in [1.29, 1.82) is 0 Å². The van der Waals surface area contributed by atoms with Gasteiger partial charge >= 0.3 is 0 Å². The normalized spacial score (nSPS) is 27.5. The molecular formula is C11H22N2O2. The Bertz CT molecular complexity index is 223. The summed E-state index contributed by atoms with van der Waals surface area (Å²) in [6.45, 7) is 3.67. The fraction of sp³-hybridized carbons (Fsp3) is 0.909. The van der Waals surface area contributed by atoms with Crippen LogP contribution in [0.5, 0.6) is 0 Å². The Morgan fingerprint density at radius 1 is 1.53 bits per heavy atom. The van der Waals surface area contributed by atoms with Crippen molar-refractivity contribution in [3.63, 3.8) is 0 Å². The molecule has 0 aromatic rings. The second-order valence-corrected chi connectivity index (χ2v) is 5.25. The molecule has 4 nitrogen and oxygen atoms in total. The minimum absolute atomic E-state index is 0.0124. The molecule has 4 N–H and O–H groups in total. The van der Waals surface area contributed by atoms with Gasteiger partial charge in [-0.05, 0) is 39.5 Å². The van der Waals surface area contributed by atoms with E-state index in [-0.39, 0.29) is 18.1 Å². The maximum atomic E-state index is 11.6. The molecule has 1 amide bonds. The summed E-state index contributed by atoms with van der Waals surface area (Å²) in [4.78, 5) is 11.6. The Morgan fingerprint density at radius 2 is 2.20 bits per heavy atom. The second kappa shape index (κ2) is 4.94. The number of hydrogen-bond donors (Lipinski definition) is 3. The van der Waals surface area contributed by atoms with E-state index in [4.69, 9.17) is 5.73 Å². The summed E-state index contributed by atoms with van der Waals surface area (Å²) in [5.41, 5.74) is 5.30. The molecule has 0 saturated heterocycles. The number of amides is 1. The highest BCUT2D eigenvalue weighted by atomic mass is 16.3. The predicted molar refractivity (Wildman–Crippen MR) is 59.3 cm³/mol. The number of carbonyl (C=O) groups excluding carboxylic acids is 1. The first-order valence-electron chi connectivity index (χ1n) is 5.63. The highest BCUT2D eigenvalue weighted by Gasteiger charge is 2.23. The minimum atomic E-state index is -0.461. The van der Waals surface area contributed by atoms with Gasteiger partial charge in [0.05, 0.1) is 6.10 Å². The van der Waals surface area contributed by atoms with Gasteiger partial charge in [-0.3, -0.25) is 4.79 Å². The van der Waals surface area contributed by atoms with Gasteiger partial charge in [0.1, 0.15) is 0 Å². The zero-order chi connectivity index (χ0) is 11.5. The first-order valence-corrected chi connectivity index (χ1v) is 5.63. The molecule has 4 heteroatoms. The lowest BCUT2D eigenvalue weighted by Crippen LogP contribution is -2.44. The molecular weight excluding hydrogens is 192 g/mol. The van der Waals surface area contributed by atoms with E-state index in [2.05, 4.69) is 5.32 Å². The quantitative estimate of drug-likeness (QED) is 0.641. The number of rotatable bonds is 3. The van der Waals surface area contributed by atoms with Crippen LogP contribution in [0.3, 0.4) is 0 Å². The highest BCUT2D eigenvalue weighted by Crippen LogP contribution is 2.18. The zero-order valence-electron chi connectivity index (χ0n) is 9.62. The maximum Gasteiger partial charge on any atom is 0.222 e. The number of aliphatic hydroxyl groups excluding tert-OH is 1. The van der Waals surface area contributed by atoms with Crippen LogP contribution < -0.4 is 11.1 Å². The molecule has 0 aromatic carbocycles. The Morgan fingerprint density at radius 3 is 2.73 bits per heavy atom. The van der Waals surface area contributed by atoms with E-state index in [0.29, 0.717) is 12.8 Å². The number of carbonyl (C=O) groups is 1. The Kier molecular flexibility index (Phi) is 4.11. The van der Waals surface area contributed by atoms with Gasteiger partial charge < -0.3 is 16.2 Å². The van der Waals surface area contributed by atoms with Gasteiger partial charge in [0.25, 0.3) is 0 Å². The highest BCUT2D eigenvalue weighted by molar-refractivity contribution is 5.77. The summed E-state index contributed by atoms with van der Waals surface area (Å²) in [5.74, 6) is -0.0124. The molecule has 1 saturated carbocycles. The monoisotopic (exact) mass is 214 g/mol. The van der Waals surface area contributed by atoms with E-state index in [1.54, 1.807) is 0 Å². The van der Waals surface area contributed by atoms with Crippen molar-refractivity contribution < 1.29 is 9.90 Å². The van der Waals surface area contributed by atoms with E-state index in [0.717, 1.165) is 19.3 Å². The van der Waals surface area contributed by atoms with Crippen molar-refractivity contribution >= 4 is 5.91 Å². The van der Waals surface area contributed by atoms with Crippen molar-refractivity contribution in [2.24, 2.45) is 5.73 Å². The fourth-order valence-electron chi connectivity index (χ4n) is 1.99. The van der Waals surface area contributed by atoms with Gasteiger partial charge in [0.15, 0.2) is 0 Å². The van der Waals surface area contributed by atoms with Crippen LogP contribution in [-0.4, -0.2) is 28.7 Å². The van der Waals surface area contributed by atoms with Crippen LogP contribution in [0.4, 0.5) is 0 Å². The number of nitrogens with two attached hydrogens (primary N) is 1. The first kappa shape index (κ1) is 12.5. The standard InChI is InChI=1S/C11H22N2O2/c1-11(2,12)7-10(15)13-8-4-3-5-9(14)6-8/h8-9,14H,3-7,12H2,1-2H3,(H,13,15). The maximum absolute atomic E-state index is 11.6. The molecule has 2 atom stereocenters. The van der Waals surface area contributed by atoms with Crippen LogP contribution in [0.25, 0.3) is 0 Å². The number of nitrogens with one attached hydrogen (secondary N) is 1. The molecule has 0 radical (unpaired) electrons. The largest absolute Gasteiger partial charge is 0.393 e. The van der Waals surface area contributed by atoms with Crippen molar-refractivity contribution in [2.45, 2.75) is 63.6 Å². The number of aliphatic hydroxyl groups is 1. The van der Waals surface area contributed by atoms with Crippen LogP contribution in [-0.2, 0) is 4.79 Å². The lowest BCUT2D eigenvalue weighted by Gasteiger charge is -2.28. The van der Waals surface area contributed by atoms with Gasteiger partial charge in [0.2, 0.25) is 5.91 Å². The van der Waals surface area contributed by atoms with Crippen LogP contribution in [0.1, 0.15) is 46.0 Å². The van der Waals surface area contributed by atoms with Crippen LogP contribution in [0.2, 0.25) is 0 Å². The van der Waals surface area contributed by atoms with Crippen molar-refractivity contribution in [3.05, 3.63) is 0 Å². The Balaban J connectivity index is 2.31. The summed E-state index contributed by atoms with van der Waals surface area (Å²) in [6.07, 6.45) is 3.56. The van der Waals surface area contributed by atoms with E-state index in [9.17, 15) is 9.90 Å². The third kappa shape index (κ3) is 5.14. The summed E-state index contributed by atoms with van der Waals surface area (Å²) < 4.78 is 0. The summed E-state index contributed by atoms with van der Waals surface area (Å²) in [6, 6.07) is 0.128. The van der Waals surface area contributed by atoms with Gasteiger partial charge in [-0.1, -0.05) is 0 Å². The first-order chi connectivity index (χ1) is 6.87. The average Bonchev–Trinajstić information content (AvgIpc) is 1.99. The minimum Gasteiger partial charge on any atom is -0.393 e. The van der Waals surface area contributed by atoms with Crippen LogP contribution in [0, 0.1) is 0 Å². The van der Waals surface area contributed by atoms with E-state index in [1.165, 1.54) is 0 Å². The van der Waals surface area contributed by atoms with Crippen molar-refractivity contribution in [2.75, 3.05) is 0 Å². The summed E-state index contributed by atoms with van der Waals surface area (Å²) in [5, 5.41) is 12.4. The molecule has 1 rings (SSSR count). The smallest absolute Gasteiger partial charge is 0.222 e. The lowest BCUT2D eigenvalue weighted by atomic mass is 9.92. The molecule has 0 heterocycles. The average molecular weight is 214 g/mol. The predicted octanol–water partition coefficient (Wildman–Crippen LogP) is 0.533. The molecule has 0 bridgehead atoms. The molecule has 1 fully saturated rings. The molecule has 88 valence electrons. The zero-order valence-corrected chi connectivity index (χ0v) is 9.62. The Labute approximate surface area is 91.2 Å². The van der Waals surface area contributed by atoms with E-state index in [1.807, 2.05) is 13.8 Å². The van der Waals surface area contributed by atoms with Crippen LogP contribution in [0.15, 0.2) is 0 Å². The van der Waals surface area contributed by atoms with Crippen LogP contribution >= 0.6 is 0 Å². The van der Waals surface area contributed by atoms with Gasteiger partial charge in [-0.2, -0.15) is 0 Å². The van der Waals surface area contributed by atoms with Gasteiger partial charge in [0, 0.05) is 18.0 Å². The summed E-state index contributed by atoms with van der Waals surface area (Å²) >= 11 is 0. The third-order valence-electron chi connectivity index (χ3n) is 2.63. The molecule has 2 unspecified atom stereocenters. The Hall–Kier alpha value is -0.610. The second-order valence-electron chi connectivity index (χ2n) is 5.25.